The largest absolute Gasteiger partial charge is 0.327 e. The van der Waals surface area contributed by atoms with Gasteiger partial charge in [0.2, 0.25) is 0 Å². The van der Waals surface area contributed by atoms with Gasteiger partial charge in [0.05, 0.1) is 10.3 Å². The molecule has 0 amide bonds. The molecule has 0 bridgehead atoms. The quantitative estimate of drug-likeness (QED) is 0.876. The van der Waals surface area contributed by atoms with Crippen molar-refractivity contribution in [2.75, 3.05) is 0 Å². The van der Waals surface area contributed by atoms with Gasteiger partial charge in [0.25, 0.3) is 0 Å². The number of nitrogens with two attached hydrogens (primary N) is 1. The lowest BCUT2D eigenvalue weighted by Gasteiger charge is -2.19. The van der Waals surface area contributed by atoms with Crippen LogP contribution in [0.2, 0.25) is 0 Å². The minimum absolute atomic E-state index is 0.0321. The van der Waals surface area contributed by atoms with Gasteiger partial charge in [0.1, 0.15) is 0 Å². The number of aromatic nitrogens is 2. The van der Waals surface area contributed by atoms with Gasteiger partial charge in [-0.25, -0.2) is 4.98 Å². The lowest BCUT2D eigenvalue weighted by atomic mass is 10.1. The molecule has 0 fully saturated rings. The second-order valence-corrected chi connectivity index (χ2v) is 6.08. The zero-order valence-electron chi connectivity index (χ0n) is 9.95. The van der Waals surface area contributed by atoms with Gasteiger partial charge in [-0.2, -0.15) is 0 Å². The Labute approximate surface area is 119 Å². The highest BCUT2D eigenvalue weighted by atomic mass is 79.9. The molecule has 2 aromatic heterocycles. The molecule has 2 N–H and O–H groups in total. The number of pyridine rings is 2. The van der Waals surface area contributed by atoms with E-state index in [2.05, 4.69) is 25.9 Å². The Morgan fingerprint density at radius 1 is 1.28 bits per heavy atom. The van der Waals surface area contributed by atoms with Gasteiger partial charge in [-0.1, -0.05) is 17.8 Å². The van der Waals surface area contributed by atoms with Crippen molar-refractivity contribution in [2.45, 2.75) is 23.2 Å². The third-order valence-electron chi connectivity index (χ3n) is 2.44. The summed E-state index contributed by atoms with van der Waals surface area (Å²) in [6.45, 7) is 2.00. The van der Waals surface area contributed by atoms with Crippen molar-refractivity contribution < 1.29 is 0 Å². The van der Waals surface area contributed by atoms with Gasteiger partial charge in [0, 0.05) is 29.1 Å². The predicted molar refractivity (Wildman–Crippen MR) is 78.4 cm³/mol. The topological polar surface area (TPSA) is 51.8 Å². The summed E-state index contributed by atoms with van der Waals surface area (Å²) in [5.74, 6) is 0. The van der Waals surface area contributed by atoms with Crippen molar-refractivity contribution in [3.63, 3.8) is 0 Å². The Hall–Kier alpha value is -0.910. The molecule has 2 unspecified atom stereocenters. The van der Waals surface area contributed by atoms with Crippen molar-refractivity contribution in [3.8, 4) is 0 Å². The minimum Gasteiger partial charge on any atom is -0.327 e. The van der Waals surface area contributed by atoms with Crippen LogP contribution in [0, 0.1) is 0 Å². The van der Waals surface area contributed by atoms with Crippen LogP contribution < -0.4 is 5.73 Å². The summed E-state index contributed by atoms with van der Waals surface area (Å²) in [5.41, 5.74) is 7.19. The van der Waals surface area contributed by atoms with Crippen LogP contribution >= 0.6 is 27.7 Å². The average molecular weight is 324 g/mol. The molecule has 3 nitrogen and oxygen atoms in total. The zero-order chi connectivity index (χ0) is 13.0. The zero-order valence-corrected chi connectivity index (χ0v) is 12.4. The molecular formula is C13H14BrN3S. The Morgan fingerprint density at radius 2 is 2.11 bits per heavy atom. The number of nitrogens with zero attached hydrogens (tertiary/aromatic N) is 2. The molecule has 0 aliphatic carbocycles. The normalized spacial score (nSPS) is 14.2. The summed E-state index contributed by atoms with van der Waals surface area (Å²) in [6.07, 6.45) is 5.42. The Balaban J connectivity index is 2.19. The molecule has 0 saturated heterocycles. The van der Waals surface area contributed by atoms with Crippen LogP contribution in [-0.2, 0) is 0 Å². The smallest absolute Gasteiger partial charge is 0.0967 e. The van der Waals surface area contributed by atoms with Crippen molar-refractivity contribution in [1.82, 2.24) is 9.97 Å². The van der Waals surface area contributed by atoms with Crippen molar-refractivity contribution >= 4 is 27.7 Å². The van der Waals surface area contributed by atoms with Gasteiger partial charge in [-0.15, -0.1) is 0 Å². The fourth-order valence-electron chi connectivity index (χ4n) is 1.59. The van der Waals surface area contributed by atoms with Gasteiger partial charge < -0.3 is 5.73 Å². The summed E-state index contributed by atoms with van der Waals surface area (Å²) < 4.78 is 0.977. The highest BCUT2D eigenvalue weighted by Gasteiger charge is 2.18. The number of thioether (sulfide) groups is 1. The molecule has 18 heavy (non-hydrogen) atoms. The number of hydrogen-bond donors (Lipinski definition) is 1. The highest BCUT2D eigenvalue weighted by molar-refractivity contribution is 9.10. The van der Waals surface area contributed by atoms with Crippen LogP contribution in [0.3, 0.4) is 0 Å². The van der Waals surface area contributed by atoms with E-state index < -0.39 is 0 Å². The fraction of sp³-hybridized carbons (Fsp3) is 0.231. The van der Waals surface area contributed by atoms with E-state index in [1.807, 2.05) is 37.4 Å². The maximum atomic E-state index is 6.06. The molecule has 2 rings (SSSR count). The number of halogens is 1. The molecule has 0 aliphatic rings. The third-order valence-corrected chi connectivity index (χ3v) is 4.35. The SMILES string of the molecule is CC(N)C(Sc1ccc(Br)cn1)c1cccnc1. The van der Waals surface area contributed by atoms with Crippen LogP contribution in [0.4, 0.5) is 0 Å². The minimum atomic E-state index is 0.0321. The van der Waals surface area contributed by atoms with E-state index in [0.717, 1.165) is 15.1 Å². The molecule has 2 heterocycles. The molecule has 2 atom stereocenters. The fourth-order valence-corrected chi connectivity index (χ4v) is 2.83. The van der Waals surface area contributed by atoms with Crippen LogP contribution in [-0.4, -0.2) is 16.0 Å². The Bertz CT molecular complexity index is 487. The molecule has 2 aromatic rings. The third kappa shape index (κ3) is 3.54. The number of hydrogen-bond acceptors (Lipinski definition) is 4. The van der Waals surface area contributed by atoms with Crippen molar-refractivity contribution in [1.29, 1.82) is 0 Å². The summed E-state index contributed by atoms with van der Waals surface area (Å²) in [5, 5.41) is 1.12. The second kappa shape index (κ2) is 6.31. The second-order valence-electron chi connectivity index (χ2n) is 4.00. The summed E-state index contributed by atoms with van der Waals surface area (Å²) in [6, 6.07) is 7.98. The van der Waals surface area contributed by atoms with E-state index in [1.54, 1.807) is 24.2 Å². The molecule has 0 radical (unpaired) electrons. The summed E-state index contributed by atoms with van der Waals surface area (Å²) in [7, 11) is 0. The monoisotopic (exact) mass is 323 g/mol. The molecule has 5 heteroatoms. The first-order valence-corrected chi connectivity index (χ1v) is 7.28. The molecule has 0 aliphatic heterocycles. The van der Waals surface area contributed by atoms with E-state index in [4.69, 9.17) is 5.73 Å². The molecular weight excluding hydrogens is 310 g/mol. The van der Waals surface area contributed by atoms with E-state index >= 15 is 0 Å². The first kappa shape index (κ1) is 13.5. The van der Waals surface area contributed by atoms with E-state index in [0.29, 0.717) is 0 Å². The van der Waals surface area contributed by atoms with Crippen LogP contribution in [0.1, 0.15) is 17.7 Å². The molecule has 0 saturated carbocycles. The molecule has 94 valence electrons. The highest BCUT2D eigenvalue weighted by Crippen LogP contribution is 2.35. The average Bonchev–Trinajstić information content (AvgIpc) is 2.38. The predicted octanol–water partition coefficient (Wildman–Crippen LogP) is 3.42. The lowest BCUT2D eigenvalue weighted by molar-refractivity contribution is 0.717. The first-order valence-electron chi connectivity index (χ1n) is 5.60. The van der Waals surface area contributed by atoms with Crippen LogP contribution in [0.5, 0.6) is 0 Å². The van der Waals surface area contributed by atoms with E-state index in [1.165, 1.54) is 0 Å². The van der Waals surface area contributed by atoms with Crippen molar-refractivity contribution in [2.24, 2.45) is 5.73 Å². The maximum absolute atomic E-state index is 6.06. The lowest BCUT2D eigenvalue weighted by Crippen LogP contribution is -2.22. The summed E-state index contributed by atoms with van der Waals surface area (Å²) >= 11 is 5.04. The standard InChI is InChI=1S/C13H14BrN3S/c1-9(15)13(10-3-2-6-16-7-10)18-12-5-4-11(14)8-17-12/h2-9,13H,15H2,1H3. The Kier molecular flexibility index (Phi) is 4.74. The van der Waals surface area contributed by atoms with Gasteiger partial charge in [0.15, 0.2) is 0 Å². The van der Waals surface area contributed by atoms with Gasteiger partial charge in [-0.05, 0) is 46.6 Å². The number of rotatable bonds is 4. The van der Waals surface area contributed by atoms with Crippen LogP contribution in [0.25, 0.3) is 0 Å². The first-order chi connectivity index (χ1) is 8.66. The van der Waals surface area contributed by atoms with Crippen LogP contribution in [0.15, 0.2) is 52.4 Å². The van der Waals surface area contributed by atoms with Gasteiger partial charge in [-0.3, -0.25) is 4.98 Å². The Morgan fingerprint density at radius 3 is 2.67 bits per heavy atom. The van der Waals surface area contributed by atoms with Gasteiger partial charge >= 0.3 is 0 Å². The molecule has 0 spiro atoms. The van der Waals surface area contributed by atoms with Crippen molar-refractivity contribution in [3.05, 3.63) is 52.9 Å². The summed E-state index contributed by atoms with van der Waals surface area (Å²) in [4.78, 5) is 8.51. The molecule has 0 aromatic carbocycles. The van der Waals surface area contributed by atoms with E-state index in [-0.39, 0.29) is 11.3 Å². The maximum Gasteiger partial charge on any atom is 0.0967 e. The van der Waals surface area contributed by atoms with E-state index in [9.17, 15) is 0 Å².